The summed E-state index contributed by atoms with van der Waals surface area (Å²) in [5.74, 6) is -2.02. The molecule has 1 amide bonds. The number of rotatable bonds is 5. The molecule has 2 fully saturated rings. The van der Waals surface area contributed by atoms with E-state index in [0.29, 0.717) is 29.8 Å². The molecule has 2 heterocycles. The van der Waals surface area contributed by atoms with Gasteiger partial charge >= 0.3 is 12.4 Å². The van der Waals surface area contributed by atoms with E-state index in [4.69, 9.17) is 9.47 Å². The lowest BCUT2D eigenvalue weighted by Crippen LogP contribution is -2.42. The van der Waals surface area contributed by atoms with Gasteiger partial charge in [0.1, 0.15) is 12.4 Å². The molecular weight excluding hydrogens is 523 g/mol. The number of carbonyl (C=O) groups is 1. The van der Waals surface area contributed by atoms with E-state index in [0.717, 1.165) is 0 Å². The summed E-state index contributed by atoms with van der Waals surface area (Å²) in [6.07, 6.45) is -12.4. The molecule has 2 aromatic rings. The Balaban J connectivity index is 1.69. The van der Waals surface area contributed by atoms with Crippen LogP contribution in [0.15, 0.2) is 36.4 Å². The van der Waals surface area contributed by atoms with Crippen LogP contribution >= 0.6 is 0 Å². The summed E-state index contributed by atoms with van der Waals surface area (Å²) in [5.41, 5.74) is -2.08. The molecule has 2 aliphatic heterocycles. The average molecular weight is 549 g/mol. The minimum atomic E-state index is -5.01. The highest BCUT2D eigenvalue weighted by Crippen LogP contribution is 2.46. The normalized spacial score (nSPS) is 24.8. The molecule has 0 radical (unpaired) electrons. The van der Waals surface area contributed by atoms with Crippen LogP contribution in [0.5, 0.6) is 0 Å². The van der Waals surface area contributed by atoms with Gasteiger partial charge in [-0.3, -0.25) is 4.79 Å². The van der Waals surface area contributed by atoms with Crippen molar-refractivity contribution in [2.75, 3.05) is 26.3 Å². The summed E-state index contributed by atoms with van der Waals surface area (Å²) in [7, 11) is 0. The van der Waals surface area contributed by atoms with E-state index in [9.17, 15) is 40.6 Å². The van der Waals surface area contributed by atoms with Gasteiger partial charge < -0.3 is 19.5 Å². The van der Waals surface area contributed by atoms with E-state index in [1.165, 1.54) is 30.0 Å². The van der Waals surface area contributed by atoms with Crippen molar-refractivity contribution in [2.45, 2.75) is 44.5 Å². The molecule has 38 heavy (non-hydrogen) atoms. The quantitative estimate of drug-likeness (QED) is 0.504. The van der Waals surface area contributed by atoms with E-state index in [-0.39, 0.29) is 36.6 Å². The Labute approximate surface area is 214 Å². The molecule has 5 nitrogen and oxygen atoms in total. The van der Waals surface area contributed by atoms with Gasteiger partial charge in [-0.2, -0.15) is 26.3 Å². The van der Waals surface area contributed by atoms with Crippen molar-refractivity contribution in [3.05, 3.63) is 70.0 Å². The summed E-state index contributed by atoms with van der Waals surface area (Å²) >= 11 is 0. The van der Waals surface area contributed by atoms with Crippen LogP contribution in [0.2, 0.25) is 0 Å². The zero-order valence-corrected chi connectivity index (χ0v) is 20.4. The number of halogens is 7. The Morgan fingerprint density at radius 1 is 1.08 bits per heavy atom. The Morgan fingerprint density at radius 2 is 1.71 bits per heavy atom. The van der Waals surface area contributed by atoms with Gasteiger partial charge in [0.15, 0.2) is 6.29 Å². The summed E-state index contributed by atoms with van der Waals surface area (Å²) < 4.78 is 106. The van der Waals surface area contributed by atoms with Gasteiger partial charge in [0, 0.05) is 24.9 Å². The van der Waals surface area contributed by atoms with Crippen LogP contribution in [0.1, 0.15) is 46.8 Å². The second-order valence-electron chi connectivity index (χ2n) is 9.73. The van der Waals surface area contributed by atoms with Crippen LogP contribution in [0.25, 0.3) is 0 Å². The lowest BCUT2D eigenvalue weighted by molar-refractivity contribution is -0.217. The maximum absolute atomic E-state index is 13.9. The molecule has 0 saturated carbocycles. The van der Waals surface area contributed by atoms with Crippen molar-refractivity contribution in [1.82, 2.24) is 4.90 Å². The maximum Gasteiger partial charge on any atom is 0.416 e. The summed E-state index contributed by atoms with van der Waals surface area (Å²) in [5, 5.41) is 9.29. The highest BCUT2D eigenvalue weighted by Gasteiger charge is 2.48. The fourth-order valence-electron chi connectivity index (χ4n) is 5.31. The predicted molar refractivity (Wildman–Crippen MR) is 120 cm³/mol. The topological polar surface area (TPSA) is 59.0 Å². The number of hydrogen-bond donors (Lipinski definition) is 1. The number of carbonyl (C=O) groups excluding carboxylic acids is 1. The molecule has 0 aromatic heterocycles. The molecule has 1 unspecified atom stereocenters. The van der Waals surface area contributed by atoms with Gasteiger partial charge in [-0.05, 0) is 66.8 Å². The largest absolute Gasteiger partial charge is 0.416 e. The third-order valence-corrected chi connectivity index (χ3v) is 7.22. The first-order valence-corrected chi connectivity index (χ1v) is 11.9. The Morgan fingerprint density at radius 3 is 2.26 bits per heavy atom. The number of alkyl halides is 6. The van der Waals surface area contributed by atoms with E-state index < -0.39 is 60.1 Å². The number of fused-ring (bicyclic) bond motifs is 1. The second kappa shape index (κ2) is 10.5. The zero-order chi connectivity index (χ0) is 28.0. The average Bonchev–Trinajstić information content (AvgIpc) is 3.27. The molecule has 12 heteroatoms. The van der Waals surface area contributed by atoms with Crippen molar-refractivity contribution in [3.8, 4) is 0 Å². The third-order valence-electron chi connectivity index (χ3n) is 7.22. The van der Waals surface area contributed by atoms with Crippen LogP contribution in [0.4, 0.5) is 30.7 Å². The molecule has 5 atom stereocenters. The van der Waals surface area contributed by atoms with Gasteiger partial charge in [0.2, 0.25) is 5.91 Å². The molecule has 2 saturated heterocycles. The standard InChI is InChI=1S/C26H26F7NO4/c1-13-5-19(27)3-4-20(13)23-21-10-34(22(36)11-35)9-16(21)12-37-24(23)38-14(2)15-6-17(25(28,29)30)8-18(7-15)26(31,32)33/h3-8,14,16,21,23-24,35H,9-12H2,1-2H3/t14-,16+,21?,23+,24-/m1/s1. The fraction of sp³-hybridized carbons (Fsp3) is 0.500. The highest BCUT2D eigenvalue weighted by molar-refractivity contribution is 5.77. The molecule has 2 aromatic carbocycles. The smallest absolute Gasteiger partial charge is 0.387 e. The Hall–Kier alpha value is -2.70. The fourth-order valence-corrected chi connectivity index (χ4v) is 5.31. The summed E-state index contributed by atoms with van der Waals surface area (Å²) in [6.45, 7) is 2.95. The monoisotopic (exact) mass is 549 g/mol. The number of hydrogen-bond acceptors (Lipinski definition) is 4. The number of likely N-dealkylation sites (tertiary alicyclic amines) is 1. The van der Waals surface area contributed by atoms with Crippen molar-refractivity contribution in [1.29, 1.82) is 0 Å². The number of benzene rings is 2. The van der Waals surface area contributed by atoms with Gasteiger partial charge in [-0.15, -0.1) is 0 Å². The van der Waals surface area contributed by atoms with Crippen molar-refractivity contribution >= 4 is 5.91 Å². The first-order valence-electron chi connectivity index (χ1n) is 11.9. The molecule has 2 aliphatic rings. The van der Waals surface area contributed by atoms with Crippen molar-refractivity contribution in [2.24, 2.45) is 11.8 Å². The summed E-state index contributed by atoms with van der Waals surface area (Å²) in [4.78, 5) is 13.6. The van der Waals surface area contributed by atoms with Crippen molar-refractivity contribution < 1.29 is 50.1 Å². The molecule has 1 N–H and O–H groups in total. The lowest BCUT2D eigenvalue weighted by Gasteiger charge is -2.41. The van der Waals surface area contributed by atoms with Gasteiger partial charge in [0.05, 0.1) is 23.8 Å². The van der Waals surface area contributed by atoms with Gasteiger partial charge in [0.25, 0.3) is 0 Å². The Bertz CT molecular complexity index is 1150. The molecule has 0 bridgehead atoms. The first-order chi connectivity index (χ1) is 17.7. The van der Waals surface area contributed by atoms with Gasteiger partial charge in [-0.25, -0.2) is 4.39 Å². The minimum Gasteiger partial charge on any atom is -0.387 e. The molecular formula is C26H26F7NO4. The van der Waals surface area contributed by atoms with E-state index >= 15 is 0 Å². The highest BCUT2D eigenvalue weighted by atomic mass is 19.4. The van der Waals surface area contributed by atoms with Crippen LogP contribution in [0, 0.1) is 24.6 Å². The number of ether oxygens (including phenoxy) is 2. The van der Waals surface area contributed by atoms with E-state index in [1.807, 2.05) is 0 Å². The number of aryl methyl sites for hydroxylation is 1. The SMILES string of the molecule is Cc1cc(F)ccc1[C@H]1C2CN(C(=O)CO)C[C@H]2CO[C@@H]1O[C@H](C)c1cc(C(F)(F)F)cc(C(F)(F)F)c1. The third kappa shape index (κ3) is 5.81. The molecule has 0 aliphatic carbocycles. The molecule has 0 spiro atoms. The number of aliphatic hydroxyl groups excluding tert-OH is 1. The Kier molecular flexibility index (Phi) is 7.79. The first kappa shape index (κ1) is 28.3. The maximum atomic E-state index is 13.9. The number of nitrogens with zero attached hydrogens (tertiary/aromatic N) is 1. The molecule has 208 valence electrons. The second-order valence-corrected chi connectivity index (χ2v) is 9.73. The van der Waals surface area contributed by atoms with Gasteiger partial charge in [-0.1, -0.05) is 6.07 Å². The summed E-state index contributed by atoms with van der Waals surface area (Å²) in [6, 6.07) is 5.34. The predicted octanol–water partition coefficient (Wildman–Crippen LogP) is 5.46. The van der Waals surface area contributed by atoms with Crippen molar-refractivity contribution in [3.63, 3.8) is 0 Å². The van der Waals surface area contributed by atoms with Crippen LogP contribution in [-0.4, -0.2) is 48.5 Å². The van der Waals surface area contributed by atoms with Crippen LogP contribution < -0.4 is 0 Å². The lowest BCUT2D eigenvalue weighted by atomic mass is 9.76. The minimum absolute atomic E-state index is 0.0495. The van der Waals surface area contributed by atoms with Crippen LogP contribution in [0.3, 0.4) is 0 Å². The number of aliphatic hydroxyl groups is 1. The van der Waals surface area contributed by atoms with E-state index in [1.54, 1.807) is 6.92 Å². The zero-order valence-electron chi connectivity index (χ0n) is 20.4. The van der Waals surface area contributed by atoms with E-state index in [2.05, 4.69) is 0 Å². The molecule has 4 rings (SSSR count). The number of amides is 1. The van der Waals surface area contributed by atoms with Crippen LogP contribution in [-0.2, 0) is 26.6 Å².